The van der Waals surface area contributed by atoms with E-state index in [1.807, 2.05) is 0 Å². The van der Waals surface area contributed by atoms with E-state index < -0.39 is 0 Å². The van der Waals surface area contributed by atoms with Crippen molar-refractivity contribution >= 4 is 29.7 Å². The molecular weight excluding hydrogens is 311 g/mol. The molecular formula is C14H18Cl2N4O. The minimum Gasteiger partial charge on any atom is -0.327 e. The first-order valence-electron chi connectivity index (χ1n) is 6.77. The number of halogens is 2. The molecule has 0 radical (unpaired) electrons. The number of fused-ring (bicyclic) bond motifs is 1. The maximum atomic E-state index is 12.1. The van der Waals surface area contributed by atoms with Gasteiger partial charge in [0, 0.05) is 31.4 Å². The van der Waals surface area contributed by atoms with Gasteiger partial charge in [-0.3, -0.25) is 14.1 Å². The maximum absolute atomic E-state index is 12.1. The molecule has 0 saturated carbocycles. The van der Waals surface area contributed by atoms with Crippen LogP contribution < -0.4 is 11.3 Å². The number of piperidine rings is 1. The second kappa shape index (κ2) is 6.75. The summed E-state index contributed by atoms with van der Waals surface area (Å²) in [7, 11) is 0. The smallest absolute Gasteiger partial charge is 0.258 e. The summed E-state index contributed by atoms with van der Waals surface area (Å²) in [4.78, 5) is 18.8. The second-order valence-electron chi connectivity index (χ2n) is 5.30. The lowest BCUT2D eigenvalue weighted by Crippen LogP contribution is -2.42. The van der Waals surface area contributed by atoms with Crippen molar-refractivity contribution in [1.82, 2.24) is 14.3 Å². The molecule has 0 spiro atoms. The number of rotatable bonds is 2. The van der Waals surface area contributed by atoms with E-state index in [-0.39, 0.29) is 24.0 Å². The number of hydrogen-bond acceptors (Lipinski definition) is 4. The van der Waals surface area contributed by atoms with Crippen molar-refractivity contribution in [2.75, 3.05) is 13.1 Å². The van der Waals surface area contributed by atoms with Crippen molar-refractivity contribution in [3.63, 3.8) is 0 Å². The van der Waals surface area contributed by atoms with Crippen LogP contribution in [0.5, 0.6) is 0 Å². The van der Waals surface area contributed by atoms with Crippen LogP contribution in [-0.4, -0.2) is 33.4 Å². The number of nitrogens with two attached hydrogens (primary N) is 1. The molecule has 5 nitrogen and oxygen atoms in total. The quantitative estimate of drug-likeness (QED) is 0.911. The zero-order chi connectivity index (χ0) is 14.1. The number of nitrogens with zero attached hydrogens (tertiary/aromatic N) is 3. The molecule has 7 heteroatoms. The minimum absolute atomic E-state index is 0. The van der Waals surface area contributed by atoms with E-state index in [9.17, 15) is 4.79 Å². The summed E-state index contributed by atoms with van der Waals surface area (Å²) in [6.07, 6.45) is 3.76. The fourth-order valence-corrected chi connectivity index (χ4v) is 2.83. The van der Waals surface area contributed by atoms with Crippen molar-refractivity contribution in [2.45, 2.75) is 25.4 Å². The Kier molecular flexibility index (Phi) is 5.22. The van der Waals surface area contributed by atoms with Crippen LogP contribution in [-0.2, 0) is 6.54 Å². The van der Waals surface area contributed by atoms with Crippen LogP contribution in [0, 0.1) is 0 Å². The summed E-state index contributed by atoms with van der Waals surface area (Å²) < 4.78 is 1.47. The first kappa shape index (κ1) is 16.2. The van der Waals surface area contributed by atoms with Crippen molar-refractivity contribution < 1.29 is 0 Å². The second-order valence-corrected chi connectivity index (χ2v) is 5.74. The molecule has 2 N–H and O–H groups in total. The zero-order valence-electron chi connectivity index (χ0n) is 11.5. The third-order valence-electron chi connectivity index (χ3n) is 3.60. The lowest BCUT2D eigenvalue weighted by atomic mass is 10.1. The van der Waals surface area contributed by atoms with Crippen LogP contribution in [0.25, 0.3) is 5.65 Å². The molecule has 0 amide bonds. The van der Waals surface area contributed by atoms with Crippen LogP contribution in [0.3, 0.4) is 0 Å². The van der Waals surface area contributed by atoms with Crippen LogP contribution in [0.4, 0.5) is 0 Å². The summed E-state index contributed by atoms with van der Waals surface area (Å²) in [6, 6.07) is 5.30. The fourth-order valence-electron chi connectivity index (χ4n) is 2.67. The molecule has 1 atom stereocenters. The van der Waals surface area contributed by atoms with E-state index in [1.54, 1.807) is 24.4 Å². The molecule has 0 unspecified atom stereocenters. The molecule has 21 heavy (non-hydrogen) atoms. The topological polar surface area (TPSA) is 63.6 Å². The Hall–Kier alpha value is -1.14. The minimum atomic E-state index is -0.103. The molecule has 3 rings (SSSR count). The van der Waals surface area contributed by atoms with E-state index >= 15 is 0 Å². The molecule has 1 saturated heterocycles. The monoisotopic (exact) mass is 328 g/mol. The van der Waals surface area contributed by atoms with Gasteiger partial charge in [0.1, 0.15) is 5.65 Å². The Morgan fingerprint density at radius 1 is 1.43 bits per heavy atom. The van der Waals surface area contributed by atoms with Crippen LogP contribution in [0.2, 0.25) is 5.02 Å². The fraction of sp³-hybridized carbons (Fsp3) is 0.429. The Balaban J connectivity index is 0.00000161. The predicted molar refractivity (Wildman–Crippen MR) is 86.2 cm³/mol. The highest BCUT2D eigenvalue weighted by Crippen LogP contribution is 2.12. The Labute approximate surface area is 134 Å². The van der Waals surface area contributed by atoms with Crippen molar-refractivity contribution in [3.8, 4) is 0 Å². The molecule has 1 aliphatic rings. The molecule has 2 aromatic heterocycles. The van der Waals surface area contributed by atoms with Gasteiger partial charge >= 0.3 is 0 Å². The molecule has 3 heterocycles. The van der Waals surface area contributed by atoms with E-state index in [4.69, 9.17) is 17.3 Å². The van der Waals surface area contributed by atoms with Gasteiger partial charge in [-0.2, -0.15) is 0 Å². The number of hydrogen-bond donors (Lipinski definition) is 1. The highest BCUT2D eigenvalue weighted by molar-refractivity contribution is 6.30. The van der Waals surface area contributed by atoms with Gasteiger partial charge in [0.15, 0.2) is 0 Å². The third-order valence-corrected chi connectivity index (χ3v) is 3.83. The van der Waals surface area contributed by atoms with Gasteiger partial charge in [0.2, 0.25) is 0 Å². The maximum Gasteiger partial charge on any atom is 0.258 e. The summed E-state index contributed by atoms with van der Waals surface area (Å²) in [6.45, 7) is 2.54. The molecule has 2 aromatic rings. The largest absolute Gasteiger partial charge is 0.327 e. The molecule has 0 aromatic carbocycles. The Bertz CT molecular complexity index is 688. The average Bonchev–Trinajstić information content (AvgIpc) is 2.40. The number of pyridine rings is 1. The van der Waals surface area contributed by atoms with Crippen molar-refractivity contribution in [3.05, 3.63) is 45.5 Å². The van der Waals surface area contributed by atoms with E-state index in [2.05, 4.69) is 9.88 Å². The van der Waals surface area contributed by atoms with E-state index in [0.717, 1.165) is 31.6 Å². The van der Waals surface area contributed by atoms with Gasteiger partial charge in [0.05, 0.1) is 10.7 Å². The van der Waals surface area contributed by atoms with E-state index in [1.165, 1.54) is 4.40 Å². The first-order valence-corrected chi connectivity index (χ1v) is 7.15. The summed E-state index contributed by atoms with van der Waals surface area (Å²) in [5.74, 6) is 0. The number of aromatic nitrogens is 2. The summed E-state index contributed by atoms with van der Waals surface area (Å²) in [5, 5.41) is 0.524. The Morgan fingerprint density at radius 2 is 2.24 bits per heavy atom. The zero-order valence-corrected chi connectivity index (χ0v) is 13.1. The molecule has 1 fully saturated rings. The normalized spacial score (nSPS) is 19.4. The molecule has 0 bridgehead atoms. The lowest BCUT2D eigenvalue weighted by Gasteiger charge is -2.30. The standard InChI is InChI=1S/C14H17ClN4O.ClH/c15-10-3-4-13-17-12(6-14(20)19(13)7-10)9-18-5-1-2-11(16)8-18;/h3-4,6-7,11H,1-2,5,8-9,16H2;1H/t11-;/m1./s1. The molecule has 0 aliphatic carbocycles. The van der Waals surface area contributed by atoms with Crippen LogP contribution in [0.1, 0.15) is 18.5 Å². The average molecular weight is 329 g/mol. The van der Waals surface area contributed by atoms with Gasteiger partial charge in [-0.05, 0) is 31.5 Å². The SMILES string of the molecule is Cl.N[C@@H]1CCCN(Cc2cc(=O)n3cc(Cl)ccc3n2)C1. The van der Waals surface area contributed by atoms with Gasteiger partial charge in [-0.15, -0.1) is 12.4 Å². The highest BCUT2D eigenvalue weighted by atomic mass is 35.5. The number of likely N-dealkylation sites (tertiary alicyclic amines) is 1. The summed E-state index contributed by atoms with van der Waals surface area (Å²) >= 11 is 5.89. The third kappa shape index (κ3) is 3.74. The van der Waals surface area contributed by atoms with Gasteiger partial charge in [-0.1, -0.05) is 11.6 Å². The highest BCUT2D eigenvalue weighted by Gasteiger charge is 2.17. The van der Waals surface area contributed by atoms with E-state index in [0.29, 0.717) is 17.2 Å². The Morgan fingerprint density at radius 3 is 3.00 bits per heavy atom. The molecule has 1 aliphatic heterocycles. The first-order chi connectivity index (χ1) is 9.61. The lowest BCUT2D eigenvalue weighted by molar-refractivity contribution is 0.199. The van der Waals surface area contributed by atoms with Crippen LogP contribution in [0.15, 0.2) is 29.2 Å². The van der Waals surface area contributed by atoms with Crippen molar-refractivity contribution in [1.29, 1.82) is 0 Å². The molecule has 114 valence electrons. The van der Waals surface area contributed by atoms with Crippen molar-refractivity contribution in [2.24, 2.45) is 5.73 Å². The predicted octanol–water partition coefficient (Wildman–Crippen LogP) is 1.69. The van der Waals surface area contributed by atoms with Gasteiger partial charge < -0.3 is 5.73 Å². The van der Waals surface area contributed by atoms with Gasteiger partial charge in [0.25, 0.3) is 5.56 Å². The van der Waals surface area contributed by atoms with Crippen LogP contribution >= 0.6 is 24.0 Å². The van der Waals surface area contributed by atoms with Gasteiger partial charge in [-0.25, -0.2) is 4.98 Å². The summed E-state index contributed by atoms with van der Waals surface area (Å²) in [5.41, 5.74) is 7.28.